The normalized spacial score (nSPS) is 11.1. The molecule has 1 aromatic carbocycles. The first kappa shape index (κ1) is 19.0. The number of hydrogen-bond acceptors (Lipinski definition) is 3. The van der Waals surface area contributed by atoms with E-state index in [-0.39, 0.29) is 12.5 Å². The molecule has 0 amide bonds. The molecule has 24 heavy (non-hydrogen) atoms. The molecule has 0 radical (unpaired) electrons. The Labute approximate surface area is 156 Å². The van der Waals surface area contributed by atoms with Crippen LogP contribution in [-0.4, -0.2) is 22.3 Å². The first-order valence-electron chi connectivity index (χ1n) is 7.95. The number of nitrogens with zero attached hydrogens (tertiary/aromatic N) is 2. The zero-order valence-electron chi connectivity index (χ0n) is 14.4. The molecular weight excluding hydrogens is 392 g/mol. The highest BCUT2D eigenvalue weighted by Gasteiger charge is 2.17. The van der Waals surface area contributed by atoms with Gasteiger partial charge in [-0.2, -0.15) is 5.10 Å². The Morgan fingerprint density at radius 1 is 1.38 bits per heavy atom. The average molecular weight is 414 g/mol. The van der Waals surface area contributed by atoms with Crippen molar-refractivity contribution in [3.05, 3.63) is 44.6 Å². The summed E-state index contributed by atoms with van der Waals surface area (Å²) in [5.74, 6) is 1.01. The van der Waals surface area contributed by atoms with E-state index in [4.69, 9.17) is 16.3 Å². The number of carbonyl (C=O) groups is 1. The lowest BCUT2D eigenvalue weighted by molar-refractivity contribution is 0.0817. The maximum absolute atomic E-state index is 12.5. The number of halogens is 2. The van der Waals surface area contributed by atoms with Gasteiger partial charge in [0.1, 0.15) is 5.75 Å². The van der Waals surface area contributed by atoms with E-state index in [1.807, 2.05) is 13.8 Å². The standard InChI is InChI=1S/C18H22BrClN2O2/c1-11(2)5-7-15-12(3)21-22(13(15)4)18(23)10-24-17-8-6-14(20)9-16(17)19/h6,8-9,11H,5,7,10H2,1-4H3. The summed E-state index contributed by atoms with van der Waals surface area (Å²) in [6.07, 6.45) is 2.02. The van der Waals surface area contributed by atoms with E-state index in [1.54, 1.807) is 18.2 Å². The van der Waals surface area contributed by atoms with E-state index in [9.17, 15) is 4.79 Å². The molecule has 0 aliphatic heterocycles. The predicted molar refractivity (Wildman–Crippen MR) is 100 cm³/mol. The van der Waals surface area contributed by atoms with Gasteiger partial charge in [0, 0.05) is 10.7 Å². The van der Waals surface area contributed by atoms with E-state index in [2.05, 4.69) is 34.9 Å². The summed E-state index contributed by atoms with van der Waals surface area (Å²) in [5, 5.41) is 5.00. The van der Waals surface area contributed by atoms with E-state index in [0.29, 0.717) is 21.2 Å². The summed E-state index contributed by atoms with van der Waals surface area (Å²) in [5.41, 5.74) is 2.97. The molecule has 0 bridgehead atoms. The molecule has 130 valence electrons. The van der Waals surface area contributed by atoms with Crippen LogP contribution >= 0.6 is 27.5 Å². The Morgan fingerprint density at radius 3 is 2.71 bits per heavy atom. The number of aromatic nitrogens is 2. The molecule has 0 fully saturated rings. The third-order valence-corrected chi connectivity index (χ3v) is 4.75. The molecule has 0 atom stereocenters. The van der Waals surface area contributed by atoms with Gasteiger partial charge in [-0.05, 0) is 72.3 Å². The Hall–Kier alpha value is -1.33. The summed E-state index contributed by atoms with van der Waals surface area (Å²) in [6.45, 7) is 8.19. The van der Waals surface area contributed by atoms with Crippen LogP contribution < -0.4 is 4.74 Å². The van der Waals surface area contributed by atoms with Crippen LogP contribution in [-0.2, 0) is 6.42 Å². The van der Waals surface area contributed by atoms with E-state index in [1.165, 1.54) is 4.68 Å². The van der Waals surface area contributed by atoms with Crippen molar-refractivity contribution in [1.82, 2.24) is 9.78 Å². The minimum Gasteiger partial charge on any atom is -0.482 e. The van der Waals surface area contributed by atoms with Gasteiger partial charge in [-0.3, -0.25) is 4.79 Å². The van der Waals surface area contributed by atoms with Gasteiger partial charge >= 0.3 is 0 Å². The summed E-state index contributed by atoms with van der Waals surface area (Å²) < 4.78 is 7.76. The summed E-state index contributed by atoms with van der Waals surface area (Å²) in [7, 11) is 0. The van der Waals surface area contributed by atoms with Crippen LogP contribution in [0.15, 0.2) is 22.7 Å². The summed E-state index contributed by atoms with van der Waals surface area (Å²) in [4.78, 5) is 12.5. The molecule has 0 saturated heterocycles. The van der Waals surface area contributed by atoms with Gasteiger partial charge < -0.3 is 4.74 Å². The molecule has 0 aliphatic carbocycles. The van der Waals surface area contributed by atoms with Crippen LogP contribution in [0.3, 0.4) is 0 Å². The van der Waals surface area contributed by atoms with Crippen molar-refractivity contribution in [3.63, 3.8) is 0 Å². The zero-order chi connectivity index (χ0) is 17.9. The molecule has 1 heterocycles. The quantitative estimate of drug-likeness (QED) is 0.652. The van der Waals surface area contributed by atoms with E-state index in [0.717, 1.165) is 29.8 Å². The lowest BCUT2D eigenvalue weighted by atomic mass is 10.0. The van der Waals surface area contributed by atoms with Crippen molar-refractivity contribution in [2.24, 2.45) is 5.92 Å². The van der Waals surface area contributed by atoms with Crippen LogP contribution in [0.2, 0.25) is 5.02 Å². The summed E-state index contributed by atoms with van der Waals surface area (Å²) in [6, 6.07) is 5.18. The van der Waals surface area contributed by atoms with Gasteiger partial charge in [0.2, 0.25) is 0 Å². The van der Waals surface area contributed by atoms with Gasteiger partial charge in [0.25, 0.3) is 5.91 Å². The fourth-order valence-corrected chi connectivity index (χ4v) is 3.30. The fraction of sp³-hybridized carbons (Fsp3) is 0.444. The van der Waals surface area contributed by atoms with Crippen molar-refractivity contribution < 1.29 is 9.53 Å². The maximum atomic E-state index is 12.5. The van der Waals surface area contributed by atoms with Crippen LogP contribution in [0, 0.1) is 19.8 Å². The second-order valence-corrected chi connectivity index (χ2v) is 7.54. The first-order chi connectivity index (χ1) is 11.3. The molecule has 0 aliphatic rings. The number of ether oxygens (including phenoxy) is 1. The van der Waals surface area contributed by atoms with Gasteiger partial charge in [-0.15, -0.1) is 0 Å². The van der Waals surface area contributed by atoms with E-state index < -0.39 is 0 Å². The minimum absolute atomic E-state index is 0.0776. The van der Waals surface area contributed by atoms with Crippen molar-refractivity contribution in [3.8, 4) is 5.75 Å². The molecule has 0 unspecified atom stereocenters. The Balaban J connectivity index is 2.08. The average Bonchev–Trinajstić information content (AvgIpc) is 2.78. The Morgan fingerprint density at radius 2 is 2.08 bits per heavy atom. The molecule has 2 aromatic rings. The zero-order valence-corrected chi connectivity index (χ0v) is 16.7. The number of aryl methyl sites for hydroxylation is 1. The highest BCUT2D eigenvalue weighted by atomic mass is 79.9. The minimum atomic E-state index is -0.187. The van der Waals surface area contributed by atoms with E-state index >= 15 is 0 Å². The number of hydrogen-bond donors (Lipinski definition) is 0. The molecule has 2 rings (SSSR count). The molecule has 4 nitrogen and oxygen atoms in total. The number of benzene rings is 1. The SMILES string of the molecule is Cc1nn(C(=O)COc2ccc(Cl)cc2Br)c(C)c1CCC(C)C. The van der Waals surface area contributed by atoms with Gasteiger partial charge in [-0.1, -0.05) is 25.4 Å². The lowest BCUT2D eigenvalue weighted by Gasteiger charge is -2.09. The summed E-state index contributed by atoms with van der Waals surface area (Å²) >= 11 is 9.28. The lowest BCUT2D eigenvalue weighted by Crippen LogP contribution is -2.22. The largest absolute Gasteiger partial charge is 0.482 e. The van der Waals surface area contributed by atoms with Crippen molar-refractivity contribution in [1.29, 1.82) is 0 Å². The highest BCUT2D eigenvalue weighted by Crippen LogP contribution is 2.28. The molecule has 0 N–H and O–H groups in total. The highest BCUT2D eigenvalue weighted by molar-refractivity contribution is 9.10. The molecular formula is C18H22BrClN2O2. The first-order valence-corrected chi connectivity index (χ1v) is 9.12. The Bertz CT molecular complexity index is 741. The van der Waals surface area contributed by atoms with Gasteiger partial charge in [0.15, 0.2) is 6.61 Å². The number of rotatable bonds is 6. The van der Waals surface area contributed by atoms with Crippen LogP contribution in [0.5, 0.6) is 5.75 Å². The molecule has 0 saturated carbocycles. The molecule has 0 spiro atoms. The second-order valence-electron chi connectivity index (χ2n) is 6.25. The van der Waals surface area contributed by atoms with Gasteiger partial charge in [0.05, 0.1) is 10.2 Å². The topological polar surface area (TPSA) is 44.1 Å². The number of carbonyl (C=O) groups excluding carboxylic acids is 1. The Kier molecular flexibility index (Phi) is 6.47. The van der Waals surface area contributed by atoms with Crippen molar-refractivity contribution in [2.45, 2.75) is 40.5 Å². The smallest absolute Gasteiger partial charge is 0.284 e. The predicted octanol–water partition coefficient (Wildman–Crippen LogP) is 5.22. The molecule has 1 aromatic heterocycles. The molecule has 6 heteroatoms. The third-order valence-electron chi connectivity index (χ3n) is 3.89. The monoisotopic (exact) mass is 412 g/mol. The van der Waals surface area contributed by atoms with Crippen molar-refractivity contribution >= 4 is 33.4 Å². The van der Waals surface area contributed by atoms with Crippen molar-refractivity contribution in [2.75, 3.05) is 6.61 Å². The second kappa shape index (κ2) is 8.17. The van der Waals surface area contributed by atoms with Gasteiger partial charge in [-0.25, -0.2) is 4.68 Å². The van der Waals surface area contributed by atoms with Crippen LogP contribution in [0.25, 0.3) is 0 Å². The fourth-order valence-electron chi connectivity index (χ4n) is 2.51. The van der Waals surface area contributed by atoms with Crippen LogP contribution in [0.1, 0.15) is 42.0 Å². The third kappa shape index (κ3) is 4.61. The maximum Gasteiger partial charge on any atom is 0.284 e. The van der Waals surface area contributed by atoms with Crippen LogP contribution in [0.4, 0.5) is 0 Å².